The molecular formula is C15H27Cl2N3. The van der Waals surface area contributed by atoms with Crippen LogP contribution in [0.15, 0.2) is 24.3 Å². The molecule has 1 saturated heterocycles. The third-order valence-electron chi connectivity index (χ3n) is 3.67. The molecule has 0 saturated carbocycles. The van der Waals surface area contributed by atoms with Gasteiger partial charge in [-0.25, -0.2) is 0 Å². The second-order valence-electron chi connectivity index (χ2n) is 5.39. The van der Waals surface area contributed by atoms with Gasteiger partial charge in [-0.15, -0.1) is 24.8 Å². The number of nitrogens with one attached hydrogen (secondary N) is 2. The Morgan fingerprint density at radius 1 is 1.10 bits per heavy atom. The van der Waals surface area contributed by atoms with E-state index in [4.69, 9.17) is 0 Å². The lowest BCUT2D eigenvalue weighted by Gasteiger charge is -2.22. The minimum Gasteiger partial charge on any atom is -0.378 e. The van der Waals surface area contributed by atoms with Crippen molar-refractivity contribution in [2.24, 2.45) is 5.92 Å². The highest BCUT2D eigenvalue weighted by molar-refractivity contribution is 5.85. The van der Waals surface area contributed by atoms with Gasteiger partial charge in [-0.2, -0.15) is 0 Å². The Morgan fingerprint density at radius 2 is 1.70 bits per heavy atom. The Labute approximate surface area is 135 Å². The topological polar surface area (TPSA) is 27.3 Å². The second-order valence-corrected chi connectivity index (χ2v) is 5.39. The molecule has 0 bridgehead atoms. The molecule has 116 valence electrons. The van der Waals surface area contributed by atoms with E-state index in [2.05, 4.69) is 53.9 Å². The van der Waals surface area contributed by atoms with Gasteiger partial charge >= 0.3 is 0 Å². The maximum absolute atomic E-state index is 3.58. The fourth-order valence-corrected chi connectivity index (χ4v) is 2.42. The molecule has 20 heavy (non-hydrogen) atoms. The molecule has 2 N–H and O–H groups in total. The summed E-state index contributed by atoms with van der Waals surface area (Å²) in [4.78, 5) is 2.13. The number of hydrogen-bond acceptors (Lipinski definition) is 3. The molecule has 2 rings (SSSR count). The number of piperidine rings is 1. The summed E-state index contributed by atoms with van der Waals surface area (Å²) in [6.07, 6.45) is 2.62. The average molecular weight is 320 g/mol. The molecule has 0 amide bonds. The van der Waals surface area contributed by atoms with Crippen molar-refractivity contribution in [3.05, 3.63) is 29.8 Å². The number of rotatable bonds is 5. The van der Waals surface area contributed by atoms with Gasteiger partial charge in [-0.05, 0) is 56.1 Å². The van der Waals surface area contributed by atoms with Crippen molar-refractivity contribution in [1.82, 2.24) is 10.6 Å². The molecular weight excluding hydrogens is 293 g/mol. The van der Waals surface area contributed by atoms with E-state index < -0.39 is 0 Å². The number of benzene rings is 1. The summed E-state index contributed by atoms with van der Waals surface area (Å²) >= 11 is 0. The van der Waals surface area contributed by atoms with Crippen LogP contribution >= 0.6 is 24.8 Å². The fourth-order valence-electron chi connectivity index (χ4n) is 2.42. The smallest absolute Gasteiger partial charge is 0.0361 e. The maximum Gasteiger partial charge on any atom is 0.0361 e. The summed E-state index contributed by atoms with van der Waals surface area (Å²) in [6, 6.07) is 8.79. The molecule has 0 aromatic heterocycles. The standard InChI is InChI=1S/C15H25N3.2ClH/c1-18(2)15-5-3-13(4-6-15)11-17-12-14-7-9-16-10-8-14;;/h3-6,14,16-17H,7-12H2,1-2H3;2*1H. The molecule has 1 heterocycles. The van der Waals surface area contributed by atoms with Gasteiger partial charge in [0.25, 0.3) is 0 Å². The summed E-state index contributed by atoms with van der Waals surface area (Å²) in [7, 11) is 4.15. The molecule has 1 aromatic carbocycles. The Morgan fingerprint density at radius 3 is 2.25 bits per heavy atom. The third-order valence-corrected chi connectivity index (χ3v) is 3.67. The quantitative estimate of drug-likeness (QED) is 0.873. The fraction of sp³-hybridized carbons (Fsp3) is 0.600. The van der Waals surface area contributed by atoms with Crippen molar-refractivity contribution < 1.29 is 0 Å². The van der Waals surface area contributed by atoms with Crippen LogP contribution in [0.3, 0.4) is 0 Å². The highest BCUT2D eigenvalue weighted by Gasteiger charge is 2.11. The van der Waals surface area contributed by atoms with Crippen molar-refractivity contribution in [3.63, 3.8) is 0 Å². The van der Waals surface area contributed by atoms with Gasteiger partial charge < -0.3 is 15.5 Å². The van der Waals surface area contributed by atoms with E-state index in [1.165, 1.54) is 37.2 Å². The largest absolute Gasteiger partial charge is 0.378 e. The van der Waals surface area contributed by atoms with Crippen LogP contribution in [0.1, 0.15) is 18.4 Å². The van der Waals surface area contributed by atoms with Crippen LogP contribution in [0.5, 0.6) is 0 Å². The zero-order valence-corrected chi connectivity index (χ0v) is 14.0. The lowest BCUT2D eigenvalue weighted by Crippen LogP contribution is -2.33. The first-order valence-corrected chi connectivity index (χ1v) is 6.93. The summed E-state index contributed by atoms with van der Waals surface area (Å²) in [6.45, 7) is 4.50. The predicted octanol–water partition coefficient (Wildman–Crippen LogP) is 2.69. The van der Waals surface area contributed by atoms with Crippen molar-refractivity contribution in [2.75, 3.05) is 38.6 Å². The molecule has 0 atom stereocenters. The molecule has 0 aliphatic carbocycles. The lowest BCUT2D eigenvalue weighted by molar-refractivity contribution is 0.356. The Hall–Kier alpha value is -0.480. The summed E-state index contributed by atoms with van der Waals surface area (Å²) < 4.78 is 0. The first-order valence-electron chi connectivity index (χ1n) is 6.93. The number of nitrogens with zero attached hydrogens (tertiary/aromatic N) is 1. The summed E-state index contributed by atoms with van der Waals surface area (Å²) in [5.74, 6) is 0.854. The minimum atomic E-state index is 0. The molecule has 5 heteroatoms. The zero-order chi connectivity index (χ0) is 12.8. The molecule has 0 unspecified atom stereocenters. The van der Waals surface area contributed by atoms with Crippen molar-refractivity contribution in [3.8, 4) is 0 Å². The molecule has 1 fully saturated rings. The zero-order valence-electron chi connectivity index (χ0n) is 12.4. The van der Waals surface area contributed by atoms with Gasteiger partial charge in [0.2, 0.25) is 0 Å². The van der Waals surface area contributed by atoms with Gasteiger partial charge in [0.15, 0.2) is 0 Å². The molecule has 1 aromatic rings. The lowest BCUT2D eigenvalue weighted by atomic mass is 9.98. The van der Waals surface area contributed by atoms with Crippen LogP contribution in [0.25, 0.3) is 0 Å². The monoisotopic (exact) mass is 319 g/mol. The first-order chi connectivity index (χ1) is 8.75. The summed E-state index contributed by atoms with van der Waals surface area (Å²) in [5, 5.41) is 6.99. The molecule has 0 radical (unpaired) electrons. The predicted molar refractivity (Wildman–Crippen MR) is 92.6 cm³/mol. The van der Waals surface area contributed by atoms with Crippen molar-refractivity contribution in [1.29, 1.82) is 0 Å². The first kappa shape index (κ1) is 19.5. The van der Waals surface area contributed by atoms with E-state index in [-0.39, 0.29) is 24.8 Å². The van der Waals surface area contributed by atoms with Crippen LogP contribution in [0.4, 0.5) is 5.69 Å². The molecule has 0 spiro atoms. The Kier molecular flexibility index (Phi) is 10.0. The van der Waals surface area contributed by atoms with Crippen LogP contribution in [0.2, 0.25) is 0 Å². The van der Waals surface area contributed by atoms with E-state index in [9.17, 15) is 0 Å². The third kappa shape index (κ3) is 6.31. The number of hydrogen-bond donors (Lipinski definition) is 2. The maximum atomic E-state index is 3.58. The van der Waals surface area contributed by atoms with Gasteiger partial charge in [0.1, 0.15) is 0 Å². The SMILES string of the molecule is CN(C)c1ccc(CNCC2CCNCC2)cc1.Cl.Cl. The van der Waals surface area contributed by atoms with E-state index in [1.807, 2.05) is 0 Å². The van der Waals surface area contributed by atoms with Crippen LogP contribution in [0, 0.1) is 5.92 Å². The average Bonchev–Trinajstić information content (AvgIpc) is 2.40. The van der Waals surface area contributed by atoms with Crippen LogP contribution in [-0.4, -0.2) is 33.7 Å². The van der Waals surface area contributed by atoms with E-state index in [1.54, 1.807) is 0 Å². The Bertz CT molecular complexity index is 349. The second kappa shape index (κ2) is 10.3. The minimum absolute atomic E-state index is 0. The van der Waals surface area contributed by atoms with E-state index in [0.717, 1.165) is 19.0 Å². The Balaban J connectivity index is 0.00000180. The van der Waals surface area contributed by atoms with Gasteiger partial charge in [0.05, 0.1) is 0 Å². The van der Waals surface area contributed by atoms with E-state index in [0.29, 0.717) is 0 Å². The van der Waals surface area contributed by atoms with Gasteiger partial charge in [-0.1, -0.05) is 12.1 Å². The highest BCUT2D eigenvalue weighted by Crippen LogP contribution is 2.13. The van der Waals surface area contributed by atoms with E-state index >= 15 is 0 Å². The normalized spacial score (nSPS) is 15.1. The number of halogens is 2. The van der Waals surface area contributed by atoms with Crippen molar-refractivity contribution in [2.45, 2.75) is 19.4 Å². The summed E-state index contributed by atoms with van der Waals surface area (Å²) in [5.41, 5.74) is 2.63. The van der Waals surface area contributed by atoms with Gasteiger partial charge in [0, 0.05) is 26.3 Å². The van der Waals surface area contributed by atoms with Crippen LogP contribution in [-0.2, 0) is 6.54 Å². The van der Waals surface area contributed by atoms with Gasteiger partial charge in [-0.3, -0.25) is 0 Å². The molecule has 1 aliphatic heterocycles. The number of anilines is 1. The highest BCUT2D eigenvalue weighted by atomic mass is 35.5. The van der Waals surface area contributed by atoms with Crippen molar-refractivity contribution >= 4 is 30.5 Å². The van der Waals surface area contributed by atoms with Crippen LogP contribution < -0.4 is 15.5 Å². The molecule has 3 nitrogen and oxygen atoms in total. The molecule has 1 aliphatic rings.